The Balaban J connectivity index is 2.73. The van der Waals surface area contributed by atoms with E-state index >= 15 is 0 Å². The second kappa shape index (κ2) is 13.9. The second-order valence-electron chi connectivity index (χ2n) is 9.72. The average Bonchev–Trinajstić information content (AvgIpc) is 2.69. The molecule has 1 rings (SSSR count). The van der Waals surface area contributed by atoms with Gasteiger partial charge in [0.25, 0.3) is 0 Å². The van der Waals surface area contributed by atoms with Crippen molar-refractivity contribution in [1.82, 2.24) is 16.0 Å². The Morgan fingerprint density at radius 2 is 1.88 bits per heavy atom. The number of hydrogen-bond donors (Lipinski definition) is 6. The molecular formula is C24H43N5O4. The number of primary amides is 1. The van der Waals surface area contributed by atoms with Gasteiger partial charge in [-0.3, -0.25) is 0 Å². The van der Waals surface area contributed by atoms with Gasteiger partial charge in [0.05, 0.1) is 6.61 Å². The summed E-state index contributed by atoms with van der Waals surface area (Å²) in [4.78, 5) is 23.2. The predicted molar refractivity (Wildman–Crippen MR) is 132 cm³/mol. The van der Waals surface area contributed by atoms with Crippen LogP contribution in [0.25, 0.3) is 0 Å². The van der Waals surface area contributed by atoms with E-state index in [1.54, 1.807) is 0 Å². The Bertz CT molecular complexity index is 749. The molecule has 1 aromatic carbocycles. The molecule has 3 amide bonds. The van der Waals surface area contributed by atoms with Crippen molar-refractivity contribution < 1.29 is 19.4 Å². The molecule has 0 bridgehead atoms. The van der Waals surface area contributed by atoms with E-state index in [1.165, 1.54) is 0 Å². The normalized spacial score (nSPS) is 13.3. The van der Waals surface area contributed by atoms with Crippen molar-refractivity contribution in [2.45, 2.75) is 78.7 Å². The van der Waals surface area contributed by atoms with E-state index < -0.39 is 17.7 Å². The minimum atomic E-state index is -0.553. The molecule has 0 fully saturated rings. The predicted octanol–water partition coefficient (Wildman–Crippen LogP) is 2.86. The van der Waals surface area contributed by atoms with E-state index in [0.29, 0.717) is 19.6 Å². The first-order valence-electron chi connectivity index (χ1n) is 11.6. The first-order chi connectivity index (χ1) is 15.4. The van der Waals surface area contributed by atoms with Crippen LogP contribution in [0.1, 0.15) is 58.6 Å². The standard InChI is InChI=1S/C24H43N5O4/c1-16(2)21(29-23(32)33-24(4,5)6)14-28-20(8-7-11-26-22(25)31)13-27-19-10-9-18(15-30)17(3)12-19/h9-10,12,16,20-21,27-28,30H,7-8,11,13-15H2,1-6H3,(H,29,32)(H3,25,26,31)/t20-,21+/m0/s1. The Kier molecular flexibility index (Phi) is 12.0. The third kappa shape index (κ3) is 12.3. The molecule has 0 heterocycles. The minimum absolute atomic E-state index is 0.0182. The molecule has 1 aromatic rings. The summed E-state index contributed by atoms with van der Waals surface area (Å²) in [6, 6.07) is 5.34. The summed E-state index contributed by atoms with van der Waals surface area (Å²) >= 11 is 0. The lowest BCUT2D eigenvalue weighted by molar-refractivity contribution is 0.0489. The highest BCUT2D eigenvalue weighted by Crippen LogP contribution is 2.15. The number of carbonyl (C=O) groups is 2. The van der Waals surface area contributed by atoms with Crippen LogP contribution in [0.2, 0.25) is 0 Å². The Labute approximate surface area is 198 Å². The summed E-state index contributed by atoms with van der Waals surface area (Å²) in [6.07, 6.45) is 1.14. The molecule has 188 valence electrons. The van der Waals surface area contributed by atoms with Crippen molar-refractivity contribution in [2.24, 2.45) is 11.7 Å². The topological polar surface area (TPSA) is 138 Å². The van der Waals surface area contributed by atoms with Crippen LogP contribution in [0, 0.1) is 12.8 Å². The van der Waals surface area contributed by atoms with Crippen LogP contribution in [0.4, 0.5) is 15.3 Å². The van der Waals surface area contributed by atoms with Gasteiger partial charge in [0, 0.05) is 37.4 Å². The molecule has 0 radical (unpaired) electrons. The Morgan fingerprint density at radius 3 is 2.42 bits per heavy atom. The van der Waals surface area contributed by atoms with Gasteiger partial charge in [-0.05, 0) is 69.7 Å². The number of nitrogens with one attached hydrogen (secondary N) is 4. The summed E-state index contributed by atoms with van der Waals surface area (Å²) in [5.74, 6) is 0.212. The average molecular weight is 466 g/mol. The fraction of sp³-hybridized carbons (Fsp3) is 0.667. The fourth-order valence-corrected chi connectivity index (χ4v) is 3.27. The number of carbonyl (C=O) groups excluding carboxylic acids is 2. The van der Waals surface area contributed by atoms with Crippen LogP contribution in [-0.4, -0.2) is 54.5 Å². The number of urea groups is 1. The van der Waals surface area contributed by atoms with Crippen molar-refractivity contribution in [3.63, 3.8) is 0 Å². The zero-order valence-corrected chi connectivity index (χ0v) is 21.0. The number of alkyl carbamates (subject to hydrolysis) is 1. The van der Waals surface area contributed by atoms with E-state index in [4.69, 9.17) is 10.5 Å². The van der Waals surface area contributed by atoms with Crippen molar-refractivity contribution in [3.8, 4) is 0 Å². The van der Waals surface area contributed by atoms with Crippen LogP contribution < -0.4 is 27.0 Å². The molecular weight excluding hydrogens is 422 g/mol. The molecule has 33 heavy (non-hydrogen) atoms. The van der Waals surface area contributed by atoms with Crippen LogP contribution in [0.15, 0.2) is 18.2 Å². The molecule has 0 aliphatic heterocycles. The molecule has 0 aliphatic carbocycles. The number of aliphatic hydroxyl groups excluding tert-OH is 1. The van der Waals surface area contributed by atoms with Crippen molar-refractivity contribution >= 4 is 17.8 Å². The molecule has 9 nitrogen and oxygen atoms in total. The maximum absolute atomic E-state index is 12.2. The molecule has 2 atom stereocenters. The number of ether oxygens (including phenoxy) is 1. The van der Waals surface area contributed by atoms with E-state index in [1.807, 2.05) is 45.9 Å². The van der Waals surface area contributed by atoms with Gasteiger partial charge >= 0.3 is 12.1 Å². The molecule has 0 spiro atoms. The third-order valence-electron chi connectivity index (χ3n) is 5.23. The second-order valence-corrected chi connectivity index (χ2v) is 9.72. The van der Waals surface area contributed by atoms with Gasteiger partial charge in [-0.1, -0.05) is 19.9 Å². The van der Waals surface area contributed by atoms with E-state index in [0.717, 1.165) is 29.7 Å². The van der Waals surface area contributed by atoms with Crippen LogP contribution in [0.5, 0.6) is 0 Å². The van der Waals surface area contributed by atoms with E-state index in [-0.39, 0.29) is 24.6 Å². The highest BCUT2D eigenvalue weighted by atomic mass is 16.6. The summed E-state index contributed by atoms with van der Waals surface area (Å²) in [7, 11) is 0. The Hall–Kier alpha value is -2.52. The molecule has 0 unspecified atom stereocenters. The number of aliphatic hydroxyl groups is 1. The summed E-state index contributed by atoms with van der Waals surface area (Å²) in [5, 5.41) is 21.9. The largest absolute Gasteiger partial charge is 0.444 e. The summed E-state index contributed by atoms with van der Waals surface area (Å²) < 4.78 is 5.40. The third-order valence-corrected chi connectivity index (χ3v) is 5.23. The minimum Gasteiger partial charge on any atom is -0.444 e. The molecule has 0 saturated carbocycles. The highest BCUT2D eigenvalue weighted by molar-refractivity contribution is 5.71. The quantitative estimate of drug-likeness (QED) is 0.248. The maximum atomic E-state index is 12.2. The molecule has 9 heteroatoms. The van der Waals surface area contributed by atoms with Gasteiger partial charge in [-0.2, -0.15) is 0 Å². The van der Waals surface area contributed by atoms with Gasteiger partial charge in [-0.25, -0.2) is 9.59 Å². The number of nitrogens with two attached hydrogens (primary N) is 1. The van der Waals surface area contributed by atoms with Crippen LogP contribution >= 0.6 is 0 Å². The van der Waals surface area contributed by atoms with Gasteiger partial charge in [0.2, 0.25) is 0 Å². The van der Waals surface area contributed by atoms with Gasteiger partial charge < -0.3 is 36.8 Å². The Morgan fingerprint density at radius 1 is 1.18 bits per heavy atom. The van der Waals surface area contributed by atoms with E-state index in [2.05, 4.69) is 35.1 Å². The number of rotatable bonds is 13. The smallest absolute Gasteiger partial charge is 0.407 e. The SMILES string of the molecule is Cc1cc(NC[C@H](CCCNC(N)=O)NC[C@@H](NC(=O)OC(C)(C)C)C(C)C)ccc1CO. The first-order valence-corrected chi connectivity index (χ1v) is 11.6. The zero-order chi connectivity index (χ0) is 25.0. The first kappa shape index (κ1) is 28.5. The zero-order valence-electron chi connectivity index (χ0n) is 21.0. The molecule has 7 N–H and O–H groups in total. The lowest BCUT2D eigenvalue weighted by atomic mass is 10.0. The number of aryl methyl sites for hydroxylation is 1. The lowest BCUT2D eigenvalue weighted by Gasteiger charge is -2.28. The van der Waals surface area contributed by atoms with Gasteiger partial charge in [0.1, 0.15) is 5.60 Å². The van der Waals surface area contributed by atoms with Crippen molar-refractivity contribution in [2.75, 3.05) is 25.0 Å². The number of amides is 3. The number of benzene rings is 1. The monoisotopic (exact) mass is 465 g/mol. The summed E-state index contributed by atoms with van der Waals surface area (Å²) in [6.45, 7) is 13.4. The highest BCUT2D eigenvalue weighted by Gasteiger charge is 2.22. The van der Waals surface area contributed by atoms with E-state index in [9.17, 15) is 14.7 Å². The number of anilines is 1. The maximum Gasteiger partial charge on any atom is 0.407 e. The number of hydrogen-bond acceptors (Lipinski definition) is 6. The van der Waals surface area contributed by atoms with Crippen LogP contribution in [0.3, 0.4) is 0 Å². The molecule has 0 aromatic heterocycles. The van der Waals surface area contributed by atoms with Crippen molar-refractivity contribution in [3.05, 3.63) is 29.3 Å². The molecule has 0 saturated heterocycles. The van der Waals surface area contributed by atoms with Gasteiger partial charge in [-0.15, -0.1) is 0 Å². The lowest BCUT2D eigenvalue weighted by Crippen LogP contribution is -2.50. The summed E-state index contributed by atoms with van der Waals surface area (Å²) in [5.41, 5.74) is 7.50. The van der Waals surface area contributed by atoms with Gasteiger partial charge in [0.15, 0.2) is 0 Å². The van der Waals surface area contributed by atoms with Crippen molar-refractivity contribution in [1.29, 1.82) is 0 Å². The van der Waals surface area contributed by atoms with Crippen LogP contribution in [-0.2, 0) is 11.3 Å². The fourth-order valence-electron chi connectivity index (χ4n) is 3.27. The molecule has 0 aliphatic rings.